The molecule has 2 rings (SSSR count). The van der Waals surface area contributed by atoms with Gasteiger partial charge in [0.05, 0.1) is 6.42 Å². The van der Waals surface area contributed by atoms with Crippen molar-refractivity contribution in [1.29, 1.82) is 0 Å². The van der Waals surface area contributed by atoms with Gasteiger partial charge in [-0.3, -0.25) is 4.79 Å². The maximum absolute atomic E-state index is 10.4. The van der Waals surface area contributed by atoms with E-state index in [2.05, 4.69) is 9.97 Å². The van der Waals surface area contributed by atoms with Crippen LogP contribution in [-0.4, -0.2) is 21.0 Å². The third kappa shape index (κ3) is 1.97. The number of hydrogen-bond donors (Lipinski definition) is 1. The summed E-state index contributed by atoms with van der Waals surface area (Å²) in [5.74, 6) is -0.856. The minimum Gasteiger partial charge on any atom is -0.481 e. The van der Waals surface area contributed by atoms with Crippen LogP contribution >= 0.6 is 22.7 Å². The Bertz CT molecular complexity index is 436. The van der Waals surface area contributed by atoms with E-state index < -0.39 is 5.97 Å². The molecule has 14 heavy (non-hydrogen) atoms. The maximum Gasteiger partial charge on any atom is 0.310 e. The minimum atomic E-state index is -0.856. The number of thiazole rings is 2. The van der Waals surface area contributed by atoms with Crippen LogP contribution < -0.4 is 0 Å². The van der Waals surface area contributed by atoms with Gasteiger partial charge in [-0.05, 0) is 0 Å². The number of aliphatic carboxylic acids is 1. The van der Waals surface area contributed by atoms with E-state index in [1.54, 1.807) is 6.20 Å². The fraction of sp³-hybridized carbons (Fsp3) is 0.125. The highest BCUT2D eigenvalue weighted by molar-refractivity contribution is 7.14. The van der Waals surface area contributed by atoms with Gasteiger partial charge in [-0.1, -0.05) is 0 Å². The van der Waals surface area contributed by atoms with Gasteiger partial charge in [0, 0.05) is 17.0 Å². The molecular weight excluding hydrogens is 220 g/mol. The summed E-state index contributed by atoms with van der Waals surface area (Å²) < 4.78 is 0. The van der Waals surface area contributed by atoms with Crippen LogP contribution in [0.15, 0.2) is 17.0 Å². The Balaban J connectivity index is 2.22. The molecule has 0 bridgehead atoms. The normalized spacial score (nSPS) is 10.3. The van der Waals surface area contributed by atoms with Gasteiger partial charge in [-0.15, -0.1) is 22.7 Å². The fourth-order valence-electron chi connectivity index (χ4n) is 0.970. The van der Waals surface area contributed by atoms with Crippen molar-refractivity contribution in [1.82, 2.24) is 9.97 Å². The van der Waals surface area contributed by atoms with Crippen molar-refractivity contribution in [3.63, 3.8) is 0 Å². The summed E-state index contributed by atoms with van der Waals surface area (Å²) >= 11 is 2.84. The summed E-state index contributed by atoms with van der Waals surface area (Å²) in [6, 6.07) is 0. The van der Waals surface area contributed by atoms with Gasteiger partial charge in [0.2, 0.25) is 0 Å². The molecule has 2 heterocycles. The second-order valence-electron chi connectivity index (χ2n) is 2.53. The monoisotopic (exact) mass is 226 g/mol. The fourth-order valence-corrected chi connectivity index (χ4v) is 2.41. The predicted molar refractivity (Wildman–Crippen MR) is 54.6 cm³/mol. The van der Waals surface area contributed by atoms with Gasteiger partial charge < -0.3 is 5.11 Å². The number of carboxylic acid groups (broad SMARTS) is 1. The summed E-state index contributed by atoms with van der Waals surface area (Å²) in [6.07, 6.45) is 1.69. The van der Waals surface area contributed by atoms with Gasteiger partial charge in [-0.25, -0.2) is 9.97 Å². The number of aromatic nitrogens is 2. The van der Waals surface area contributed by atoms with Crippen molar-refractivity contribution < 1.29 is 9.90 Å². The van der Waals surface area contributed by atoms with E-state index in [1.165, 1.54) is 22.7 Å². The third-order valence-electron chi connectivity index (χ3n) is 1.51. The summed E-state index contributed by atoms with van der Waals surface area (Å²) in [5, 5.41) is 13.7. The predicted octanol–water partition coefficient (Wildman–Crippen LogP) is 1.89. The van der Waals surface area contributed by atoms with E-state index in [-0.39, 0.29) is 6.42 Å². The zero-order valence-electron chi connectivity index (χ0n) is 7.01. The van der Waals surface area contributed by atoms with E-state index in [9.17, 15) is 4.79 Å². The molecule has 1 N–H and O–H groups in total. The van der Waals surface area contributed by atoms with Crippen molar-refractivity contribution in [2.45, 2.75) is 6.42 Å². The Morgan fingerprint density at radius 1 is 1.50 bits per heavy atom. The molecule has 0 unspecified atom stereocenters. The SMILES string of the molecule is O=C(O)Cc1nc(-c2nccs2)cs1. The Morgan fingerprint density at radius 3 is 3.00 bits per heavy atom. The molecule has 0 aromatic carbocycles. The number of hydrogen-bond acceptors (Lipinski definition) is 5. The Kier molecular flexibility index (Phi) is 2.55. The molecule has 2 aromatic rings. The zero-order valence-corrected chi connectivity index (χ0v) is 8.64. The molecule has 0 saturated heterocycles. The van der Waals surface area contributed by atoms with Crippen LogP contribution in [-0.2, 0) is 11.2 Å². The number of rotatable bonds is 3. The summed E-state index contributed by atoms with van der Waals surface area (Å²) in [4.78, 5) is 18.7. The van der Waals surface area contributed by atoms with Gasteiger partial charge in [0.25, 0.3) is 0 Å². The molecule has 4 nitrogen and oxygen atoms in total. The highest BCUT2D eigenvalue weighted by Crippen LogP contribution is 2.23. The smallest absolute Gasteiger partial charge is 0.310 e. The molecule has 6 heteroatoms. The quantitative estimate of drug-likeness (QED) is 0.868. The summed E-state index contributed by atoms with van der Waals surface area (Å²) in [6.45, 7) is 0. The van der Waals surface area contributed by atoms with Crippen LogP contribution in [0.4, 0.5) is 0 Å². The first-order valence-corrected chi connectivity index (χ1v) is 5.57. The second kappa shape index (κ2) is 3.85. The van der Waals surface area contributed by atoms with Crippen molar-refractivity contribution >= 4 is 28.6 Å². The molecule has 0 atom stereocenters. The van der Waals surface area contributed by atoms with Crippen LogP contribution in [0, 0.1) is 0 Å². The van der Waals surface area contributed by atoms with E-state index >= 15 is 0 Å². The molecule has 0 aliphatic heterocycles. The first-order chi connectivity index (χ1) is 6.75. The summed E-state index contributed by atoms with van der Waals surface area (Å²) in [5.41, 5.74) is 0.765. The molecule has 0 saturated carbocycles. The van der Waals surface area contributed by atoms with Crippen molar-refractivity contribution in [2.24, 2.45) is 0 Å². The Labute approximate surface area is 87.9 Å². The van der Waals surface area contributed by atoms with Crippen LogP contribution in [0.2, 0.25) is 0 Å². The van der Waals surface area contributed by atoms with Gasteiger partial charge >= 0.3 is 5.97 Å². The minimum absolute atomic E-state index is 0.0178. The van der Waals surface area contributed by atoms with Crippen molar-refractivity contribution in [2.75, 3.05) is 0 Å². The van der Waals surface area contributed by atoms with E-state index in [0.29, 0.717) is 5.01 Å². The maximum atomic E-state index is 10.4. The lowest BCUT2D eigenvalue weighted by Crippen LogP contribution is -1.98. The molecule has 2 aromatic heterocycles. The third-order valence-corrected chi connectivity index (χ3v) is 3.15. The van der Waals surface area contributed by atoms with Crippen LogP contribution in [0.3, 0.4) is 0 Å². The van der Waals surface area contributed by atoms with Crippen molar-refractivity contribution in [3.8, 4) is 10.7 Å². The molecular formula is C8H6N2O2S2. The standard InChI is InChI=1S/C8H6N2O2S2/c11-7(12)3-6-10-5(4-14-6)8-9-1-2-13-8/h1-2,4H,3H2,(H,11,12). The van der Waals surface area contributed by atoms with E-state index in [4.69, 9.17) is 5.11 Å². The molecule has 0 radical (unpaired) electrons. The van der Waals surface area contributed by atoms with Gasteiger partial charge in [0.15, 0.2) is 0 Å². The molecule has 72 valence electrons. The first kappa shape index (κ1) is 9.29. The highest BCUT2D eigenvalue weighted by atomic mass is 32.1. The van der Waals surface area contributed by atoms with Crippen LogP contribution in [0.5, 0.6) is 0 Å². The van der Waals surface area contributed by atoms with E-state index in [1.807, 2.05) is 10.8 Å². The molecule has 0 amide bonds. The van der Waals surface area contributed by atoms with E-state index in [0.717, 1.165) is 10.7 Å². The second-order valence-corrected chi connectivity index (χ2v) is 4.37. The average molecular weight is 226 g/mol. The topological polar surface area (TPSA) is 63.1 Å². The van der Waals surface area contributed by atoms with Crippen LogP contribution in [0.1, 0.15) is 5.01 Å². The molecule has 0 aliphatic rings. The Morgan fingerprint density at radius 2 is 2.36 bits per heavy atom. The number of nitrogens with zero attached hydrogens (tertiary/aromatic N) is 2. The largest absolute Gasteiger partial charge is 0.481 e. The van der Waals surface area contributed by atoms with Crippen molar-refractivity contribution in [3.05, 3.63) is 22.0 Å². The number of carbonyl (C=O) groups is 1. The molecule has 0 spiro atoms. The lowest BCUT2D eigenvalue weighted by molar-refractivity contribution is -0.136. The first-order valence-electron chi connectivity index (χ1n) is 3.82. The van der Waals surface area contributed by atoms with Crippen LogP contribution in [0.25, 0.3) is 10.7 Å². The van der Waals surface area contributed by atoms with Gasteiger partial charge in [-0.2, -0.15) is 0 Å². The van der Waals surface area contributed by atoms with Gasteiger partial charge in [0.1, 0.15) is 15.7 Å². The molecule has 0 aliphatic carbocycles. The molecule has 0 fully saturated rings. The Hall–Kier alpha value is -1.27. The number of carboxylic acids is 1. The highest BCUT2D eigenvalue weighted by Gasteiger charge is 2.08. The lowest BCUT2D eigenvalue weighted by atomic mass is 10.4. The summed E-state index contributed by atoms with van der Waals surface area (Å²) in [7, 11) is 0. The lowest BCUT2D eigenvalue weighted by Gasteiger charge is -1.87. The zero-order chi connectivity index (χ0) is 9.97. The average Bonchev–Trinajstić information content (AvgIpc) is 2.69.